The second-order valence-electron chi connectivity index (χ2n) is 3.91. The molecule has 1 fully saturated rings. The maximum absolute atomic E-state index is 11.8. The summed E-state index contributed by atoms with van der Waals surface area (Å²) in [4.78, 5) is 25.5. The molecule has 0 bridgehead atoms. The molecule has 3 atom stereocenters. The fourth-order valence-corrected chi connectivity index (χ4v) is 3.99. The van der Waals surface area contributed by atoms with Crippen LogP contribution in [0.4, 0.5) is 0 Å². The Morgan fingerprint density at radius 1 is 1.69 bits per heavy atom. The third-order valence-electron chi connectivity index (χ3n) is 2.90. The summed E-state index contributed by atoms with van der Waals surface area (Å²) in [5.74, 6) is -0.565. The SMILES string of the molecule is CCC1=C(C(=O)S)N2C(=O)C(C(C)O)[C@H]2S1. The summed E-state index contributed by atoms with van der Waals surface area (Å²) in [7, 11) is 0. The van der Waals surface area contributed by atoms with Gasteiger partial charge >= 0.3 is 0 Å². The Labute approximate surface area is 103 Å². The number of aliphatic hydroxyl groups excluding tert-OH is 1. The molecule has 0 radical (unpaired) electrons. The highest BCUT2D eigenvalue weighted by Gasteiger charge is 2.56. The number of aliphatic hydroxyl groups is 1. The molecule has 2 rings (SSSR count). The van der Waals surface area contributed by atoms with E-state index < -0.39 is 12.0 Å². The number of allylic oxidation sites excluding steroid dienone is 1. The minimum atomic E-state index is -0.672. The average molecular weight is 259 g/mol. The molecule has 1 amide bonds. The molecule has 2 heterocycles. The third-order valence-corrected chi connectivity index (χ3v) is 4.62. The highest BCUT2D eigenvalue weighted by Crippen LogP contribution is 2.51. The molecule has 2 aliphatic heterocycles. The van der Waals surface area contributed by atoms with Crippen molar-refractivity contribution in [1.82, 2.24) is 4.90 Å². The molecular formula is C10H13NO3S2. The monoisotopic (exact) mass is 259 g/mol. The van der Waals surface area contributed by atoms with Gasteiger partial charge in [-0.15, -0.1) is 11.8 Å². The maximum Gasteiger partial charge on any atom is 0.236 e. The Bertz CT molecular complexity index is 392. The Kier molecular flexibility index (Phi) is 3.07. The van der Waals surface area contributed by atoms with Crippen LogP contribution >= 0.6 is 24.4 Å². The molecule has 0 aromatic carbocycles. The van der Waals surface area contributed by atoms with E-state index in [1.54, 1.807) is 6.92 Å². The molecular weight excluding hydrogens is 246 g/mol. The van der Waals surface area contributed by atoms with Gasteiger partial charge in [0.1, 0.15) is 11.1 Å². The van der Waals surface area contributed by atoms with Crippen LogP contribution in [-0.4, -0.2) is 32.5 Å². The van der Waals surface area contributed by atoms with Crippen molar-refractivity contribution in [1.29, 1.82) is 0 Å². The number of carbonyl (C=O) groups excluding carboxylic acids is 2. The van der Waals surface area contributed by atoms with Gasteiger partial charge in [0.05, 0.1) is 12.0 Å². The molecule has 4 nitrogen and oxygen atoms in total. The Balaban J connectivity index is 2.29. The summed E-state index contributed by atoms with van der Waals surface area (Å²) in [6, 6.07) is 0. The summed E-state index contributed by atoms with van der Waals surface area (Å²) in [6.07, 6.45) is 0.0350. The summed E-state index contributed by atoms with van der Waals surface area (Å²) >= 11 is 5.29. The van der Waals surface area contributed by atoms with E-state index in [2.05, 4.69) is 12.6 Å². The van der Waals surface area contributed by atoms with Gasteiger partial charge in [0.25, 0.3) is 0 Å². The van der Waals surface area contributed by atoms with Gasteiger partial charge in [-0.25, -0.2) is 0 Å². The first-order valence-electron chi connectivity index (χ1n) is 5.13. The van der Waals surface area contributed by atoms with Crippen molar-refractivity contribution in [3.05, 3.63) is 10.6 Å². The summed E-state index contributed by atoms with van der Waals surface area (Å²) in [5, 5.41) is 9.00. The van der Waals surface area contributed by atoms with E-state index in [0.717, 1.165) is 4.91 Å². The molecule has 0 aliphatic carbocycles. The van der Waals surface area contributed by atoms with Gasteiger partial charge in [0.2, 0.25) is 11.0 Å². The quantitative estimate of drug-likeness (QED) is 0.586. The first-order valence-corrected chi connectivity index (χ1v) is 6.46. The van der Waals surface area contributed by atoms with Gasteiger partial charge in [0.15, 0.2) is 0 Å². The van der Waals surface area contributed by atoms with Gasteiger partial charge in [-0.3, -0.25) is 14.5 Å². The number of rotatable bonds is 3. The maximum atomic E-state index is 11.8. The van der Waals surface area contributed by atoms with Crippen molar-refractivity contribution in [2.75, 3.05) is 0 Å². The topological polar surface area (TPSA) is 57.6 Å². The molecule has 2 aliphatic rings. The Morgan fingerprint density at radius 2 is 2.31 bits per heavy atom. The number of carbonyl (C=O) groups is 2. The van der Waals surface area contributed by atoms with E-state index >= 15 is 0 Å². The van der Waals surface area contributed by atoms with Gasteiger partial charge in [-0.1, -0.05) is 19.6 Å². The average Bonchev–Trinajstić information content (AvgIpc) is 2.51. The van der Waals surface area contributed by atoms with Crippen LogP contribution in [0.15, 0.2) is 10.6 Å². The van der Waals surface area contributed by atoms with Crippen LogP contribution in [0, 0.1) is 5.92 Å². The molecule has 6 heteroatoms. The summed E-state index contributed by atoms with van der Waals surface area (Å²) < 4.78 is 0. The zero-order chi connectivity index (χ0) is 12.0. The van der Waals surface area contributed by atoms with E-state index in [1.807, 2.05) is 6.92 Å². The van der Waals surface area contributed by atoms with E-state index in [0.29, 0.717) is 12.1 Å². The predicted octanol–water partition coefficient (Wildman–Crippen LogP) is 0.976. The Morgan fingerprint density at radius 3 is 2.75 bits per heavy atom. The predicted molar refractivity (Wildman–Crippen MR) is 64.7 cm³/mol. The fraction of sp³-hybridized carbons (Fsp3) is 0.600. The highest BCUT2D eigenvalue weighted by atomic mass is 32.2. The van der Waals surface area contributed by atoms with Gasteiger partial charge in [-0.2, -0.15) is 0 Å². The van der Waals surface area contributed by atoms with Crippen molar-refractivity contribution in [3.63, 3.8) is 0 Å². The Hall–Kier alpha value is -0.460. The smallest absolute Gasteiger partial charge is 0.236 e. The van der Waals surface area contributed by atoms with Crippen LogP contribution in [0.25, 0.3) is 0 Å². The number of β-lactam (4-membered cyclic amide) rings is 1. The van der Waals surface area contributed by atoms with Crippen LogP contribution in [0.2, 0.25) is 0 Å². The number of nitrogens with zero attached hydrogens (tertiary/aromatic N) is 1. The van der Waals surface area contributed by atoms with Gasteiger partial charge in [-0.05, 0) is 13.3 Å². The number of fused-ring (bicyclic) bond motifs is 1. The lowest BCUT2D eigenvalue weighted by Crippen LogP contribution is -2.60. The van der Waals surface area contributed by atoms with E-state index in [1.165, 1.54) is 16.7 Å². The van der Waals surface area contributed by atoms with Gasteiger partial charge in [0, 0.05) is 4.91 Å². The second-order valence-corrected chi connectivity index (χ2v) is 5.53. The van der Waals surface area contributed by atoms with Crippen LogP contribution in [-0.2, 0) is 9.59 Å². The van der Waals surface area contributed by atoms with Crippen molar-refractivity contribution in [2.24, 2.45) is 5.92 Å². The van der Waals surface area contributed by atoms with Crippen LogP contribution in [0.3, 0.4) is 0 Å². The largest absolute Gasteiger partial charge is 0.392 e. The van der Waals surface area contributed by atoms with Gasteiger partial charge < -0.3 is 5.11 Å². The summed E-state index contributed by atoms with van der Waals surface area (Å²) in [6.45, 7) is 3.54. The van der Waals surface area contributed by atoms with Crippen LogP contribution in [0.5, 0.6) is 0 Å². The zero-order valence-corrected chi connectivity index (χ0v) is 10.7. The fourth-order valence-electron chi connectivity index (χ4n) is 2.10. The van der Waals surface area contributed by atoms with Crippen LogP contribution in [0.1, 0.15) is 20.3 Å². The number of hydrogen-bond acceptors (Lipinski definition) is 4. The van der Waals surface area contributed by atoms with E-state index in [4.69, 9.17) is 0 Å². The molecule has 16 heavy (non-hydrogen) atoms. The van der Waals surface area contributed by atoms with E-state index in [-0.39, 0.29) is 16.4 Å². The molecule has 0 aromatic heterocycles. The molecule has 88 valence electrons. The first kappa shape index (κ1) is 12.0. The lowest BCUT2D eigenvalue weighted by molar-refractivity contribution is -0.153. The molecule has 2 unspecified atom stereocenters. The molecule has 1 saturated heterocycles. The third kappa shape index (κ3) is 1.51. The molecule has 1 N–H and O–H groups in total. The van der Waals surface area contributed by atoms with Crippen molar-refractivity contribution in [3.8, 4) is 0 Å². The number of thiol groups is 1. The number of hydrogen-bond donors (Lipinski definition) is 2. The van der Waals surface area contributed by atoms with Crippen molar-refractivity contribution in [2.45, 2.75) is 31.7 Å². The number of thioether (sulfide) groups is 1. The van der Waals surface area contributed by atoms with Crippen LogP contribution < -0.4 is 0 Å². The van der Waals surface area contributed by atoms with E-state index in [9.17, 15) is 14.7 Å². The molecule has 0 spiro atoms. The molecule has 0 saturated carbocycles. The minimum Gasteiger partial charge on any atom is -0.392 e. The standard InChI is InChI=1S/C10H13NO3S2/c1-3-5-7(10(14)15)11-8(13)6(4(2)12)9(11)16-5/h4,6,9,12H,3H2,1-2H3,(H,14,15)/t4?,6?,9-/m1/s1. The second kappa shape index (κ2) is 4.09. The lowest BCUT2D eigenvalue weighted by Gasteiger charge is -2.43. The normalized spacial score (nSPS) is 30.2. The minimum absolute atomic E-state index is 0.117. The van der Waals surface area contributed by atoms with Crippen molar-refractivity contribution >= 4 is 35.4 Å². The lowest BCUT2D eigenvalue weighted by atomic mass is 9.92. The summed E-state index contributed by atoms with van der Waals surface area (Å²) in [5.41, 5.74) is 0.405. The zero-order valence-electron chi connectivity index (χ0n) is 9.01. The molecule has 0 aromatic rings. The number of amides is 1. The first-order chi connectivity index (χ1) is 7.49. The highest BCUT2D eigenvalue weighted by molar-refractivity contribution is 8.04. The van der Waals surface area contributed by atoms with Crippen molar-refractivity contribution < 1.29 is 14.7 Å².